The van der Waals surface area contributed by atoms with E-state index in [-0.39, 0.29) is 11.5 Å². The number of rotatable bonds is 5. The third-order valence-corrected chi connectivity index (χ3v) is 5.42. The summed E-state index contributed by atoms with van der Waals surface area (Å²) in [6.45, 7) is 19.3. The van der Waals surface area contributed by atoms with Gasteiger partial charge in [0.05, 0.1) is 28.6 Å². The highest BCUT2D eigenvalue weighted by Crippen LogP contribution is 2.41. The number of ether oxygens (including phenoxy) is 2. The van der Waals surface area contributed by atoms with Crippen molar-refractivity contribution in [2.24, 2.45) is 5.41 Å². The van der Waals surface area contributed by atoms with Crippen molar-refractivity contribution in [3.63, 3.8) is 0 Å². The molecule has 1 aromatic heterocycles. The SMILES string of the molecule is Cc1nc(C)c([C@H](OC(C)(C)C)C(=O)OC(C)C)c(N2CCC(C)(C)CC2)c1C#N. The average Bonchev–Trinajstić information content (AvgIpc) is 2.58. The van der Waals surface area contributed by atoms with Crippen LogP contribution in [0.25, 0.3) is 0 Å². The lowest BCUT2D eigenvalue weighted by Crippen LogP contribution is -2.40. The second-order valence-corrected chi connectivity index (χ2v) is 10.3. The fourth-order valence-electron chi connectivity index (χ4n) is 3.83. The van der Waals surface area contributed by atoms with E-state index in [2.05, 4.69) is 29.8 Å². The molecule has 1 fully saturated rings. The van der Waals surface area contributed by atoms with Gasteiger partial charge in [0.2, 0.25) is 0 Å². The fraction of sp³-hybridized carbons (Fsp3) is 0.708. The molecular formula is C24H37N3O3. The first kappa shape index (κ1) is 24.1. The molecule has 0 aromatic carbocycles. The molecular weight excluding hydrogens is 378 g/mol. The Labute approximate surface area is 181 Å². The number of aryl methyl sites for hydroxylation is 2. The third kappa shape index (κ3) is 5.72. The summed E-state index contributed by atoms with van der Waals surface area (Å²) in [4.78, 5) is 20.0. The van der Waals surface area contributed by atoms with E-state index in [4.69, 9.17) is 9.47 Å². The van der Waals surface area contributed by atoms with Crippen molar-refractivity contribution in [1.29, 1.82) is 5.26 Å². The lowest BCUT2D eigenvalue weighted by Gasteiger charge is -2.40. The molecule has 0 saturated carbocycles. The predicted molar refractivity (Wildman–Crippen MR) is 118 cm³/mol. The molecule has 166 valence electrons. The first-order chi connectivity index (χ1) is 13.8. The number of carbonyl (C=O) groups is 1. The van der Waals surface area contributed by atoms with Gasteiger partial charge in [0.25, 0.3) is 0 Å². The smallest absolute Gasteiger partial charge is 0.340 e. The number of pyridine rings is 1. The van der Waals surface area contributed by atoms with Crippen molar-refractivity contribution in [2.45, 2.75) is 93.0 Å². The van der Waals surface area contributed by atoms with Crippen LogP contribution in [0, 0.1) is 30.6 Å². The molecule has 0 amide bonds. The van der Waals surface area contributed by atoms with Crippen molar-refractivity contribution in [3.05, 3.63) is 22.5 Å². The minimum atomic E-state index is -0.947. The van der Waals surface area contributed by atoms with E-state index in [9.17, 15) is 10.1 Å². The number of anilines is 1. The standard InChI is InChI=1S/C24H37N3O3/c1-15(2)29-22(28)21(30-23(5,6)7)19-17(4)26-16(3)18(14-25)20(19)27-12-10-24(8,9)11-13-27/h15,21H,10-13H2,1-9H3/t21-/m0/s1. The zero-order valence-corrected chi connectivity index (χ0v) is 20.0. The van der Waals surface area contributed by atoms with Crippen molar-refractivity contribution in [1.82, 2.24) is 4.98 Å². The molecule has 30 heavy (non-hydrogen) atoms. The van der Waals surface area contributed by atoms with Gasteiger partial charge in [0.1, 0.15) is 6.07 Å². The molecule has 2 heterocycles. The molecule has 0 radical (unpaired) electrons. The summed E-state index contributed by atoms with van der Waals surface area (Å²) in [5, 5.41) is 9.97. The van der Waals surface area contributed by atoms with Gasteiger partial charge in [-0.1, -0.05) is 13.8 Å². The van der Waals surface area contributed by atoms with E-state index in [0.717, 1.165) is 31.6 Å². The van der Waals surface area contributed by atoms with Crippen molar-refractivity contribution < 1.29 is 14.3 Å². The van der Waals surface area contributed by atoms with Crippen LogP contribution in [-0.2, 0) is 14.3 Å². The summed E-state index contributed by atoms with van der Waals surface area (Å²) in [5.74, 6) is -0.448. The maximum Gasteiger partial charge on any atom is 0.340 e. The van der Waals surface area contributed by atoms with E-state index in [0.29, 0.717) is 22.5 Å². The molecule has 1 atom stereocenters. The molecule has 2 rings (SSSR count). The normalized spacial score (nSPS) is 17.6. The number of hydrogen-bond acceptors (Lipinski definition) is 6. The van der Waals surface area contributed by atoms with Crippen LogP contribution in [-0.4, -0.2) is 35.7 Å². The summed E-state index contributed by atoms with van der Waals surface area (Å²) in [6.07, 6.45) is 0.812. The topological polar surface area (TPSA) is 75.5 Å². The van der Waals surface area contributed by atoms with Crippen molar-refractivity contribution in [3.8, 4) is 6.07 Å². The number of aromatic nitrogens is 1. The molecule has 0 N–H and O–H groups in total. The van der Waals surface area contributed by atoms with E-state index in [1.54, 1.807) is 0 Å². The second kappa shape index (κ2) is 8.93. The quantitative estimate of drug-likeness (QED) is 0.630. The van der Waals surface area contributed by atoms with Gasteiger partial charge in [-0.3, -0.25) is 4.98 Å². The van der Waals surface area contributed by atoms with Gasteiger partial charge in [0, 0.05) is 24.3 Å². The van der Waals surface area contributed by atoms with Crippen LogP contribution in [0.1, 0.15) is 89.9 Å². The average molecular weight is 416 g/mol. The number of hydrogen-bond donors (Lipinski definition) is 0. The highest BCUT2D eigenvalue weighted by molar-refractivity contribution is 5.82. The van der Waals surface area contributed by atoms with Crippen LogP contribution in [0.15, 0.2) is 0 Å². The molecule has 6 nitrogen and oxygen atoms in total. The highest BCUT2D eigenvalue weighted by Gasteiger charge is 2.37. The van der Waals surface area contributed by atoms with E-state index >= 15 is 0 Å². The minimum Gasteiger partial charge on any atom is -0.461 e. The molecule has 1 aliphatic heterocycles. The third-order valence-electron chi connectivity index (χ3n) is 5.42. The lowest BCUT2D eigenvalue weighted by atomic mass is 9.82. The van der Waals surface area contributed by atoms with E-state index in [1.807, 2.05) is 48.5 Å². The second-order valence-electron chi connectivity index (χ2n) is 10.3. The summed E-state index contributed by atoms with van der Waals surface area (Å²) in [6, 6.07) is 2.34. The number of piperidine rings is 1. The fourth-order valence-corrected chi connectivity index (χ4v) is 3.83. The largest absolute Gasteiger partial charge is 0.461 e. The van der Waals surface area contributed by atoms with E-state index in [1.165, 1.54) is 0 Å². The van der Waals surface area contributed by atoms with Crippen LogP contribution in [0.3, 0.4) is 0 Å². The van der Waals surface area contributed by atoms with Crippen LogP contribution in [0.2, 0.25) is 0 Å². The summed E-state index contributed by atoms with van der Waals surface area (Å²) in [5.41, 5.74) is 2.98. The van der Waals surface area contributed by atoms with Crippen LogP contribution in [0.4, 0.5) is 5.69 Å². The molecule has 0 aliphatic carbocycles. The first-order valence-corrected chi connectivity index (χ1v) is 10.8. The molecule has 0 unspecified atom stereocenters. The summed E-state index contributed by atoms with van der Waals surface area (Å²) in [7, 11) is 0. The minimum absolute atomic E-state index is 0.262. The Morgan fingerprint density at radius 2 is 1.73 bits per heavy atom. The van der Waals surface area contributed by atoms with Gasteiger partial charge in [-0.25, -0.2) is 4.79 Å². The Morgan fingerprint density at radius 3 is 2.20 bits per heavy atom. The van der Waals surface area contributed by atoms with Gasteiger partial charge in [0.15, 0.2) is 6.10 Å². The maximum atomic E-state index is 13.1. The van der Waals surface area contributed by atoms with E-state index < -0.39 is 17.7 Å². The number of nitriles is 1. The lowest BCUT2D eigenvalue weighted by molar-refractivity contribution is -0.171. The number of carbonyl (C=O) groups excluding carboxylic acids is 1. The van der Waals surface area contributed by atoms with Crippen LogP contribution >= 0.6 is 0 Å². The van der Waals surface area contributed by atoms with Crippen LogP contribution < -0.4 is 4.90 Å². The van der Waals surface area contributed by atoms with Crippen molar-refractivity contribution in [2.75, 3.05) is 18.0 Å². The molecule has 1 aromatic rings. The van der Waals surface area contributed by atoms with Crippen LogP contribution in [0.5, 0.6) is 0 Å². The van der Waals surface area contributed by atoms with Gasteiger partial charge >= 0.3 is 5.97 Å². The van der Waals surface area contributed by atoms with Gasteiger partial charge < -0.3 is 14.4 Å². The van der Waals surface area contributed by atoms with Gasteiger partial charge in [-0.2, -0.15) is 5.26 Å². The number of esters is 1. The number of nitrogens with zero attached hydrogens (tertiary/aromatic N) is 3. The zero-order valence-electron chi connectivity index (χ0n) is 20.0. The Bertz CT molecular complexity index is 822. The monoisotopic (exact) mass is 415 g/mol. The zero-order chi connectivity index (χ0) is 22.9. The summed E-state index contributed by atoms with van der Waals surface area (Å²) >= 11 is 0. The summed E-state index contributed by atoms with van der Waals surface area (Å²) < 4.78 is 11.8. The molecule has 1 aliphatic rings. The molecule has 0 spiro atoms. The highest BCUT2D eigenvalue weighted by atomic mass is 16.6. The molecule has 6 heteroatoms. The maximum absolute atomic E-state index is 13.1. The predicted octanol–water partition coefficient (Wildman–Crippen LogP) is 5.00. The molecule has 1 saturated heterocycles. The Morgan fingerprint density at radius 1 is 1.17 bits per heavy atom. The van der Waals surface area contributed by atoms with Crippen molar-refractivity contribution >= 4 is 11.7 Å². The van der Waals surface area contributed by atoms with Gasteiger partial charge in [-0.15, -0.1) is 0 Å². The molecule has 0 bridgehead atoms. The Kier molecular flexibility index (Phi) is 7.19. The van der Waals surface area contributed by atoms with Gasteiger partial charge in [-0.05, 0) is 66.7 Å². The Hall–Kier alpha value is -2.13. The Balaban J connectivity index is 2.68. The first-order valence-electron chi connectivity index (χ1n) is 10.8.